The van der Waals surface area contributed by atoms with Gasteiger partial charge < -0.3 is 9.80 Å². The highest BCUT2D eigenvalue weighted by molar-refractivity contribution is 6.00. The van der Waals surface area contributed by atoms with Crippen LogP contribution >= 0.6 is 0 Å². The number of amides is 2. The van der Waals surface area contributed by atoms with Gasteiger partial charge in [-0.25, -0.2) is 4.68 Å². The van der Waals surface area contributed by atoms with Crippen molar-refractivity contribution in [2.45, 2.75) is 44.6 Å². The lowest BCUT2D eigenvalue weighted by Gasteiger charge is -2.33. The second kappa shape index (κ2) is 8.29. The van der Waals surface area contributed by atoms with Crippen LogP contribution in [0.1, 0.15) is 43.7 Å². The summed E-state index contributed by atoms with van der Waals surface area (Å²) in [4.78, 5) is 41.3. The van der Waals surface area contributed by atoms with Crippen molar-refractivity contribution in [3.8, 4) is 0 Å². The fourth-order valence-electron chi connectivity index (χ4n) is 4.76. The van der Waals surface area contributed by atoms with Gasteiger partial charge in [-0.1, -0.05) is 18.2 Å². The first-order valence-electron chi connectivity index (χ1n) is 11.3. The van der Waals surface area contributed by atoms with Crippen LogP contribution in [0.4, 0.5) is 5.69 Å². The number of anilines is 1. The molecule has 0 bridgehead atoms. The van der Waals surface area contributed by atoms with Gasteiger partial charge in [0.15, 0.2) is 0 Å². The van der Waals surface area contributed by atoms with Crippen LogP contribution in [0.15, 0.2) is 47.3 Å². The predicted octanol–water partition coefficient (Wildman–Crippen LogP) is 2.41. The van der Waals surface area contributed by atoms with Gasteiger partial charge in [-0.15, -0.1) is 0 Å². The molecule has 2 amide bonds. The van der Waals surface area contributed by atoms with E-state index >= 15 is 0 Å². The zero-order chi connectivity index (χ0) is 21.4. The molecular formula is C24H28N4O3. The molecule has 0 N–H and O–H groups in total. The molecule has 31 heavy (non-hydrogen) atoms. The number of likely N-dealkylation sites (tertiary alicyclic amines) is 1. The standard InChI is InChI=1S/C24H28N4O3/c29-22-9-8-21(18-6-7-18)25-28(22)15-17-10-12-26(13-11-17)24(31)19-14-23(30)27(16-19)20-4-2-1-3-5-20/h1-5,8-9,17-19H,6-7,10-16H2. The molecule has 3 aliphatic rings. The van der Waals surface area contributed by atoms with E-state index in [-0.39, 0.29) is 29.7 Å². The number of aromatic nitrogens is 2. The number of rotatable bonds is 5. The Labute approximate surface area is 181 Å². The van der Waals surface area contributed by atoms with E-state index < -0.39 is 0 Å². The molecule has 3 fully saturated rings. The lowest BCUT2D eigenvalue weighted by atomic mass is 9.95. The summed E-state index contributed by atoms with van der Waals surface area (Å²) in [6.07, 6.45) is 4.32. The Bertz CT molecular complexity index is 1020. The first-order valence-corrected chi connectivity index (χ1v) is 11.3. The van der Waals surface area contributed by atoms with Crippen LogP contribution in [0.25, 0.3) is 0 Å². The van der Waals surface area contributed by atoms with E-state index in [4.69, 9.17) is 0 Å². The SMILES string of the molecule is O=C(C1CC(=O)N(c2ccccc2)C1)N1CCC(Cn2nc(C3CC3)ccc2=O)CC1. The Balaban J connectivity index is 1.16. The molecule has 162 valence electrons. The third kappa shape index (κ3) is 4.27. The van der Waals surface area contributed by atoms with Gasteiger partial charge in [0.1, 0.15) is 0 Å². The number of hydrogen-bond acceptors (Lipinski definition) is 4. The number of hydrogen-bond donors (Lipinski definition) is 0. The lowest BCUT2D eigenvalue weighted by molar-refractivity contribution is -0.137. The van der Waals surface area contributed by atoms with Gasteiger partial charge in [0.25, 0.3) is 5.56 Å². The molecule has 7 nitrogen and oxygen atoms in total. The van der Waals surface area contributed by atoms with Crippen LogP contribution in [0, 0.1) is 11.8 Å². The van der Waals surface area contributed by atoms with Gasteiger partial charge in [0, 0.05) is 50.3 Å². The Kier molecular flexibility index (Phi) is 5.34. The molecule has 0 radical (unpaired) electrons. The van der Waals surface area contributed by atoms with Crippen LogP contribution in [-0.4, -0.2) is 46.1 Å². The maximum atomic E-state index is 13.0. The van der Waals surface area contributed by atoms with Gasteiger partial charge in [0.05, 0.1) is 11.6 Å². The highest BCUT2D eigenvalue weighted by Crippen LogP contribution is 2.38. The van der Waals surface area contributed by atoms with Gasteiger partial charge in [0.2, 0.25) is 11.8 Å². The minimum atomic E-state index is -0.274. The molecule has 5 rings (SSSR count). The number of piperidine rings is 1. The quantitative estimate of drug-likeness (QED) is 0.745. The average molecular weight is 421 g/mol. The fraction of sp³-hybridized carbons (Fsp3) is 0.500. The smallest absolute Gasteiger partial charge is 0.266 e. The summed E-state index contributed by atoms with van der Waals surface area (Å²) in [6, 6.07) is 13.0. The van der Waals surface area contributed by atoms with Crippen LogP contribution < -0.4 is 10.5 Å². The number of benzene rings is 1. The molecule has 1 atom stereocenters. The van der Waals surface area contributed by atoms with Crippen LogP contribution in [0.3, 0.4) is 0 Å². The Morgan fingerprint density at radius 3 is 2.42 bits per heavy atom. The van der Waals surface area contributed by atoms with E-state index in [1.807, 2.05) is 41.3 Å². The second-order valence-corrected chi connectivity index (χ2v) is 9.06. The van der Waals surface area contributed by atoms with Crippen molar-refractivity contribution in [3.63, 3.8) is 0 Å². The molecule has 1 unspecified atom stereocenters. The van der Waals surface area contributed by atoms with E-state index in [9.17, 15) is 14.4 Å². The summed E-state index contributed by atoms with van der Waals surface area (Å²) >= 11 is 0. The Hall–Kier alpha value is -2.96. The topological polar surface area (TPSA) is 75.5 Å². The predicted molar refractivity (Wildman–Crippen MR) is 117 cm³/mol. The zero-order valence-electron chi connectivity index (χ0n) is 17.7. The van der Waals surface area contributed by atoms with E-state index in [1.54, 1.807) is 15.6 Å². The zero-order valence-corrected chi connectivity index (χ0v) is 17.7. The minimum Gasteiger partial charge on any atom is -0.342 e. The van der Waals surface area contributed by atoms with Crippen LogP contribution in [-0.2, 0) is 16.1 Å². The first kappa shape index (κ1) is 20.0. The summed E-state index contributed by atoms with van der Waals surface area (Å²) in [7, 11) is 0. The summed E-state index contributed by atoms with van der Waals surface area (Å²) in [5.74, 6) is 0.686. The largest absolute Gasteiger partial charge is 0.342 e. The summed E-state index contributed by atoms with van der Waals surface area (Å²) in [5, 5.41) is 4.57. The fourth-order valence-corrected chi connectivity index (χ4v) is 4.76. The number of nitrogens with zero attached hydrogens (tertiary/aromatic N) is 4. The van der Waals surface area contributed by atoms with E-state index in [2.05, 4.69) is 5.10 Å². The number of carbonyl (C=O) groups is 2. The molecule has 1 aliphatic carbocycles. The molecule has 7 heteroatoms. The Morgan fingerprint density at radius 1 is 0.968 bits per heavy atom. The van der Waals surface area contributed by atoms with Gasteiger partial charge in [-0.3, -0.25) is 14.4 Å². The maximum absolute atomic E-state index is 13.0. The van der Waals surface area contributed by atoms with Crippen LogP contribution in [0.2, 0.25) is 0 Å². The summed E-state index contributed by atoms with van der Waals surface area (Å²) in [5.41, 5.74) is 1.84. The van der Waals surface area contributed by atoms with Crippen molar-refractivity contribution in [1.29, 1.82) is 0 Å². The average Bonchev–Trinajstić information content (AvgIpc) is 3.57. The van der Waals surface area contributed by atoms with E-state index in [1.165, 1.54) is 0 Å². The number of carbonyl (C=O) groups excluding carboxylic acids is 2. The van der Waals surface area contributed by atoms with Gasteiger partial charge in [-0.05, 0) is 49.8 Å². The molecular weight excluding hydrogens is 392 g/mol. The third-order valence-corrected chi connectivity index (χ3v) is 6.78. The highest BCUT2D eigenvalue weighted by atomic mass is 16.2. The number of para-hydroxylation sites is 1. The minimum absolute atomic E-state index is 0.0143. The maximum Gasteiger partial charge on any atom is 0.266 e. The molecule has 2 aliphatic heterocycles. The van der Waals surface area contributed by atoms with Crippen molar-refractivity contribution in [2.24, 2.45) is 11.8 Å². The van der Waals surface area contributed by atoms with Crippen LogP contribution in [0.5, 0.6) is 0 Å². The van der Waals surface area contributed by atoms with Gasteiger partial charge in [-0.2, -0.15) is 5.10 Å². The van der Waals surface area contributed by atoms with Crippen molar-refractivity contribution >= 4 is 17.5 Å². The third-order valence-electron chi connectivity index (χ3n) is 6.78. The normalized spacial score (nSPS) is 22.2. The van der Waals surface area contributed by atoms with Crippen molar-refractivity contribution in [2.75, 3.05) is 24.5 Å². The summed E-state index contributed by atoms with van der Waals surface area (Å²) < 4.78 is 1.61. The molecule has 2 aromatic rings. The lowest BCUT2D eigenvalue weighted by Crippen LogP contribution is -2.43. The molecule has 2 saturated heterocycles. The molecule has 1 saturated carbocycles. The van der Waals surface area contributed by atoms with Crippen molar-refractivity contribution < 1.29 is 9.59 Å². The van der Waals surface area contributed by atoms with Crippen molar-refractivity contribution in [1.82, 2.24) is 14.7 Å². The first-order chi connectivity index (χ1) is 15.1. The monoisotopic (exact) mass is 420 g/mol. The highest BCUT2D eigenvalue weighted by Gasteiger charge is 2.38. The molecule has 3 heterocycles. The molecule has 0 spiro atoms. The van der Waals surface area contributed by atoms with E-state index in [0.29, 0.717) is 38.0 Å². The van der Waals surface area contributed by atoms with Crippen molar-refractivity contribution in [3.05, 3.63) is 58.5 Å². The Morgan fingerprint density at radius 2 is 1.71 bits per heavy atom. The summed E-state index contributed by atoms with van der Waals surface area (Å²) in [6.45, 7) is 2.42. The van der Waals surface area contributed by atoms with Gasteiger partial charge >= 0.3 is 0 Å². The molecule has 1 aromatic heterocycles. The molecule has 1 aromatic carbocycles. The van der Waals surface area contributed by atoms with E-state index in [0.717, 1.165) is 37.1 Å². The second-order valence-electron chi connectivity index (χ2n) is 9.06.